The summed E-state index contributed by atoms with van der Waals surface area (Å²) in [6, 6.07) is 0. The lowest BCUT2D eigenvalue weighted by Crippen LogP contribution is -2.38. The van der Waals surface area contributed by atoms with Crippen LogP contribution in [0.15, 0.2) is 12.2 Å². The number of carbonyl (C=O) groups is 2. The molecule has 0 aromatic rings. The van der Waals surface area contributed by atoms with E-state index in [-0.39, 0.29) is 0 Å². The lowest BCUT2D eigenvalue weighted by Gasteiger charge is -2.25. The van der Waals surface area contributed by atoms with Gasteiger partial charge in [-0.15, -0.1) is 0 Å². The van der Waals surface area contributed by atoms with Crippen LogP contribution in [0, 0.1) is 0 Å². The van der Waals surface area contributed by atoms with E-state index in [1.165, 1.54) is 0 Å². The average Bonchev–Trinajstić information content (AvgIpc) is 2.46. The molecule has 1 saturated heterocycles. The Bertz CT molecular complexity index is 372. The smallest absolute Gasteiger partial charge is 0.331 e. The minimum atomic E-state index is -0.535. The van der Waals surface area contributed by atoms with Crippen molar-refractivity contribution in [2.24, 2.45) is 0 Å². The number of rotatable bonds is 7. The van der Waals surface area contributed by atoms with Crippen molar-refractivity contribution >= 4 is 11.9 Å². The zero-order chi connectivity index (χ0) is 15.7. The van der Waals surface area contributed by atoms with Crippen LogP contribution in [0.25, 0.3) is 0 Å². The molecule has 1 fully saturated rings. The molecule has 1 rings (SSSR count). The fraction of sp³-hybridized carbons (Fsp3) is 0.733. The molecular weight excluding hydrogens is 274 g/mol. The Morgan fingerprint density at radius 1 is 1.19 bits per heavy atom. The number of nitrogens with zero attached hydrogens (tertiary/aromatic N) is 1. The lowest BCUT2D eigenvalue weighted by atomic mass is 10.1. The Balaban J connectivity index is 2.20. The van der Waals surface area contributed by atoms with Gasteiger partial charge in [-0.05, 0) is 20.3 Å². The van der Waals surface area contributed by atoms with E-state index < -0.39 is 17.5 Å². The molecule has 0 saturated carbocycles. The van der Waals surface area contributed by atoms with E-state index in [0.29, 0.717) is 32.8 Å². The summed E-state index contributed by atoms with van der Waals surface area (Å²) >= 11 is 0. The zero-order valence-electron chi connectivity index (χ0n) is 13.1. The van der Waals surface area contributed by atoms with Gasteiger partial charge >= 0.3 is 11.9 Å². The summed E-state index contributed by atoms with van der Waals surface area (Å²) in [4.78, 5) is 25.1. The lowest BCUT2D eigenvalue weighted by molar-refractivity contribution is -0.151. The van der Waals surface area contributed by atoms with Crippen molar-refractivity contribution in [1.29, 1.82) is 0 Å². The fourth-order valence-corrected chi connectivity index (χ4v) is 1.66. The molecular formula is C15H25NO5. The first-order chi connectivity index (χ1) is 9.93. The first-order valence-electron chi connectivity index (χ1n) is 7.31. The van der Waals surface area contributed by atoms with Crippen LogP contribution in [-0.2, 0) is 23.8 Å². The van der Waals surface area contributed by atoms with Crippen molar-refractivity contribution in [3.05, 3.63) is 12.2 Å². The molecule has 6 heteroatoms. The van der Waals surface area contributed by atoms with Gasteiger partial charge in [0.1, 0.15) is 12.2 Å². The Kier molecular flexibility index (Phi) is 7.39. The van der Waals surface area contributed by atoms with Crippen LogP contribution in [0.2, 0.25) is 0 Å². The van der Waals surface area contributed by atoms with Crippen LogP contribution < -0.4 is 0 Å². The molecule has 0 atom stereocenters. The first kappa shape index (κ1) is 17.7. The number of hydrogen-bond acceptors (Lipinski definition) is 6. The van der Waals surface area contributed by atoms with E-state index in [0.717, 1.165) is 25.2 Å². The van der Waals surface area contributed by atoms with Gasteiger partial charge in [0.15, 0.2) is 0 Å². The second kappa shape index (κ2) is 8.79. The van der Waals surface area contributed by atoms with Crippen LogP contribution in [0.1, 0.15) is 27.2 Å². The van der Waals surface area contributed by atoms with E-state index in [4.69, 9.17) is 14.2 Å². The van der Waals surface area contributed by atoms with E-state index in [9.17, 15) is 9.59 Å². The molecule has 0 bridgehead atoms. The number of ether oxygens (including phenoxy) is 3. The molecule has 0 unspecified atom stereocenters. The Morgan fingerprint density at radius 3 is 2.43 bits per heavy atom. The summed E-state index contributed by atoms with van der Waals surface area (Å²) in [5, 5.41) is 0. The minimum absolute atomic E-state index is 0.304. The summed E-state index contributed by atoms with van der Waals surface area (Å²) in [6.07, 6.45) is 2.92. The Morgan fingerprint density at radius 2 is 1.81 bits per heavy atom. The van der Waals surface area contributed by atoms with E-state index in [2.05, 4.69) is 4.90 Å². The summed E-state index contributed by atoms with van der Waals surface area (Å²) in [6.45, 7) is 9.68. The first-order valence-corrected chi connectivity index (χ1v) is 7.31. The predicted molar refractivity (Wildman–Crippen MR) is 77.8 cm³/mol. The Labute approximate surface area is 126 Å². The molecule has 1 aliphatic rings. The molecule has 1 aliphatic heterocycles. The molecule has 120 valence electrons. The molecule has 0 aliphatic carbocycles. The van der Waals surface area contributed by atoms with E-state index >= 15 is 0 Å². The third-order valence-electron chi connectivity index (χ3n) is 3.34. The van der Waals surface area contributed by atoms with Gasteiger partial charge in [0, 0.05) is 31.8 Å². The highest BCUT2D eigenvalue weighted by Crippen LogP contribution is 2.13. The van der Waals surface area contributed by atoms with Crippen molar-refractivity contribution in [2.75, 3.05) is 39.5 Å². The van der Waals surface area contributed by atoms with Gasteiger partial charge in [0.2, 0.25) is 0 Å². The molecule has 21 heavy (non-hydrogen) atoms. The summed E-state index contributed by atoms with van der Waals surface area (Å²) in [7, 11) is 0. The molecule has 1 heterocycles. The largest absolute Gasteiger partial charge is 0.461 e. The van der Waals surface area contributed by atoms with Gasteiger partial charge in [-0.1, -0.05) is 6.92 Å². The van der Waals surface area contributed by atoms with Gasteiger partial charge in [-0.25, -0.2) is 9.59 Å². The molecule has 0 amide bonds. The maximum Gasteiger partial charge on any atom is 0.331 e. The monoisotopic (exact) mass is 299 g/mol. The summed E-state index contributed by atoms with van der Waals surface area (Å²) < 4.78 is 15.4. The number of carbonyl (C=O) groups excluding carboxylic acids is 2. The second-order valence-corrected chi connectivity index (χ2v) is 5.49. The van der Waals surface area contributed by atoms with Crippen LogP contribution in [-0.4, -0.2) is 61.9 Å². The average molecular weight is 299 g/mol. The zero-order valence-corrected chi connectivity index (χ0v) is 13.1. The van der Waals surface area contributed by atoms with Crippen molar-refractivity contribution in [2.45, 2.75) is 32.8 Å². The molecule has 0 spiro atoms. The fourth-order valence-electron chi connectivity index (χ4n) is 1.66. The molecule has 6 nitrogen and oxygen atoms in total. The van der Waals surface area contributed by atoms with Gasteiger partial charge in [-0.3, -0.25) is 4.90 Å². The quantitative estimate of drug-likeness (QED) is 0.519. The van der Waals surface area contributed by atoms with Crippen LogP contribution in [0.3, 0.4) is 0 Å². The molecule has 0 N–H and O–H groups in total. The maximum atomic E-state index is 11.5. The number of esters is 2. The predicted octanol–water partition coefficient (Wildman–Crippen LogP) is 1.15. The minimum Gasteiger partial charge on any atom is -0.461 e. The standard InChI is InChI=1S/C15H25NO5/c1-4-15(2,3)21-14(18)6-5-13(17)20-12-9-16-7-10-19-11-8-16/h5-6H,4,7-12H2,1-3H3/b6-5+. The normalized spacial score (nSPS) is 16.9. The number of morpholine rings is 1. The molecule has 0 aromatic heterocycles. The second-order valence-electron chi connectivity index (χ2n) is 5.49. The van der Waals surface area contributed by atoms with Gasteiger partial charge in [0.05, 0.1) is 13.2 Å². The van der Waals surface area contributed by atoms with Gasteiger partial charge in [-0.2, -0.15) is 0 Å². The topological polar surface area (TPSA) is 65.1 Å². The summed E-state index contributed by atoms with van der Waals surface area (Å²) in [5.74, 6) is -1.07. The van der Waals surface area contributed by atoms with Crippen molar-refractivity contribution in [3.63, 3.8) is 0 Å². The van der Waals surface area contributed by atoms with Crippen molar-refractivity contribution in [1.82, 2.24) is 4.90 Å². The highest BCUT2D eigenvalue weighted by atomic mass is 16.6. The molecule has 0 radical (unpaired) electrons. The van der Waals surface area contributed by atoms with E-state index in [1.807, 2.05) is 20.8 Å². The van der Waals surface area contributed by atoms with Crippen LogP contribution >= 0.6 is 0 Å². The third kappa shape index (κ3) is 7.82. The Hall–Kier alpha value is -1.40. The highest BCUT2D eigenvalue weighted by molar-refractivity contribution is 5.91. The van der Waals surface area contributed by atoms with E-state index in [1.54, 1.807) is 0 Å². The number of hydrogen-bond donors (Lipinski definition) is 0. The van der Waals surface area contributed by atoms with Crippen LogP contribution in [0.4, 0.5) is 0 Å². The third-order valence-corrected chi connectivity index (χ3v) is 3.34. The van der Waals surface area contributed by atoms with Crippen LogP contribution in [0.5, 0.6) is 0 Å². The summed E-state index contributed by atoms with van der Waals surface area (Å²) in [5.41, 5.74) is -0.526. The van der Waals surface area contributed by atoms with Crippen molar-refractivity contribution < 1.29 is 23.8 Å². The van der Waals surface area contributed by atoms with Gasteiger partial charge < -0.3 is 14.2 Å². The van der Waals surface area contributed by atoms with Crippen molar-refractivity contribution in [3.8, 4) is 0 Å². The molecule has 0 aromatic carbocycles. The highest BCUT2D eigenvalue weighted by Gasteiger charge is 2.19. The van der Waals surface area contributed by atoms with Gasteiger partial charge in [0.25, 0.3) is 0 Å². The SMILES string of the molecule is CCC(C)(C)OC(=O)/C=C/C(=O)OCCN1CCOCC1. The maximum absolute atomic E-state index is 11.5.